The van der Waals surface area contributed by atoms with Crippen molar-refractivity contribution in [3.05, 3.63) is 28.8 Å². The van der Waals surface area contributed by atoms with E-state index in [-0.39, 0.29) is 17.1 Å². The maximum atomic E-state index is 12.0. The lowest BCUT2D eigenvalue weighted by Crippen LogP contribution is -2.52. The van der Waals surface area contributed by atoms with Crippen molar-refractivity contribution in [3.63, 3.8) is 0 Å². The largest absolute Gasteiger partial charge is 0.388 e. The fourth-order valence-corrected chi connectivity index (χ4v) is 3.12. The molecule has 2 rings (SSSR count). The van der Waals surface area contributed by atoms with Gasteiger partial charge in [0.2, 0.25) is 5.91 Å². The number of halogens is 1. The van der Waals surface area contributed by atoms with E-state index in [4.69, 9.17) is 17.3 Å². The van der Waals surface area contributed by atoms with Crippen LogP contribution >= 0.6 is 11.6 Å². The molecule has 8 heteroatoms. The molecule has 138 valence electrons. The first kappa shape index (κ1) is 19.5. The van der Waals surface area contributed by atoms with Crippen LogP contribution in [0.3, 0.4) is 0 Å². The molecule has 1 saturated heterocycles. The normalized spacial score (nSPS) is 17.3. The number of hydrogen-bond donors (Lipinski definition) is 4. The van der Waals surface area contributed by atoms with Gasteiger partial charge in [-0.1, -0.05) is 11.6 Å². The number of piperidine rings is 1. The number of anilines is 1. The fraction of sp³-hybridized carbons (Fsp3) is 0.529. The Labute approximate surface area is 152 Å². The first-order valence-corrected chi connectivity index (χ1v) is 8.69. The number of carbonyl (C=O) groups excluding carboxylic acids is 2. The van der Waals surface area contributed by atoms with E-state index in [1.54, 1.807) is 6.07 Å². The Bertz CT molecular complexity index is 643. The Kier molecular flexibility index (Phi) is 6.26. The second-order valence-electron chi connectivity index (χ2n) is 6.72. The molecule has 0 bridgehead atoms. The highest BCUT2D eigenvalue weighted by Gasteiger charge is 2.33. The minimum Gasteiger partial charge on any atom is -0.388 e. The summed E-state index contributed by atoms with van der Waals surface area (Å²) in [7, 11) is 0. The molecule has 1 fully saturated rings. The van der Waals surface area contributed by atoms with Crippen LogP contribution in [0.4, 0.5) is 10.5 Å². The van der Waals surface area contributed by atoms with Crippen molar-refractivity contribution in [1.82, 2.24) is 10.2 Å². The van der Waals surface area contributed by atoms with E-state index < -0.39 is 17.5 Å². The van der Waals surface area contributed by atoms with Crippen LogP contribution in [-0.2, 0) is 0 Å². The summed E-state index contributed by atoms with van der Waals surface area (Å²) in [5, 5.41) is 16.1. The van der Waals surface area contributed by atoms with Crippen LogP contribution in [0, 0.1) is 0 Å². The molecular formula is C17H25ClN4O3. The maximum absolute atomic E-state index is 12.0. The number of nitrogens with zero attached hydrogens (tertiary/aromatic N) is 1. The number of amides is 3. The fourth-order valence-electron chi connectivity index (χ4n) is 2.85. The van der Waals surface area contributed by atoms with Gasteiger partial charge in [-0.3, -0.25) is 4.79 Å². The highest BCUT2D eigenvalue weighted by atomic mass is 35.5. The van der Waals surface area contributed by atoms with Gasteiger partial charge >= 0.3 is 6.03 Å². The predicted octanol–water partition coefficient (Wildman–Crippen LogP) is 1.80. The summed E-state index contributed by atoms with van der Waals surface area (Å²) in [4.78, 5) is 25.5. The molecule has 0 aliphatic carbocycles. The Morgan fingerprint density at radius 3 is 2.52 bits per heavy atom. The third-order valence-corrected chi connectivity index (χ3v) is 4.84. The van der Waals surface area contributed by atoms with Crippen LogP contribution in [0.5, 0.6) is 0 Å². The number of aliphatic hydroxyl groups is 1. The molecule has 7 nitrogen and oxygen atoms in total. The van der Waals surface area contributed by atoms with Crippen LogP contribution in [0.2, 0.25) is 5.02 Å². The van der Waals surface area contributed by atoms with E-state index in [1.165, 1.54) is 12.1 Å². The quantitative estimate of drug-likeness (QED) is 0.635. The summed E-state index contributed by atoms with van der Waals surface area (Å²) < 4.78 is 0. The molecular weight excluding hydrogens is 344 g/mol. The third-order valence-electron chi connectivity index (χ3n) is 4.53. The van der Waals surface area contributed by atoms with Gasteiger partial charge in [0.1, 0.15) is 0 Å². The second-order valence-corrected chi connectivity index (χ2v) is 7.13. The van der Waals surface area contributed by atoms with E-state index in [0.717, 1.165) is 13.1 Å². The van der Waals surface area contributed by atoms with Gasteiger partial charge in [0.05, 0.1) is 16.2 Å². The first-order valence-electron chi connectivity index (χ1n) is 8.31. The van der Waals surface area contributed by atoms with Gasteiger partial charge in [0.15, 0.2) is 0 Å². The molecule has 0 unspecified atom stereocenters. The van der Waals surface area contributed by atoms with Gasteiger partial charge in [0.25, 0.3) is 0 Å². The van der Waals surface area contributed by atoms with Gasteiger partial charge < -0.3 is 26.4 Å². The highest BCUT2D eigenvalue weighted by molar-refractivity contribution is 6.34. The molecule has 0 radical (unpaired) electrons. The van der Waals surface area contributed by atoms with Crippen molar-refractivity contribution in [2.75, 3.05) is 25.0 Å². The van der Waals surface area contributed by atoms with Crippen LogP contribution in [0.25, 0.3) is 0 Å². The summed E-state index contributed by atoms with van der Waals surface area (Å²) in [6.07, 6.45) is 1.23. The summed E-state index contributed by atoms with van der Waals surface area (Å²) in [5.74, 6) is -0.629. The third kappa shape index (κ3) is 5.32. The average molecular weight is 369 g/mol. The zero-order valence-electron chi connectivity index (χ0n) is 14.5. The Morgan fingerprint density at radius 1 is 1.36 bits per heavy atom. The Morgan fingerprint density at radius 2 is 2.00 bits per heavy atom. The first-order chi connectivity index (χ1) is 11.7. The number of nitrogens with two attached hydrogens (primary N) is 1. The summed E-state index contributed by atoms with van der Waals surface area (Å²) in [6, 6.07) is 4.46. The molecule has 1 aromatic rings. The molecule has 25 heavy (non-hydrogen) atoms. The number of urea groups is 1. The smallest absolute Gasteiger partial charge is 0.319 e. The molecule has 0 saturated carbocycles. The number of likely N-dealkylation sites (tertiary alicyclic amines) is 1. The SMILES string of the molecule is CC(C)N1CCC(O)(CNC(=O)Nc2ccc(C(N)=O)c(Cl)c2)CC1. The Hall–Kier alpha value is -1.83. The lowest BCUT2D eigenvalue weighted by atomic mass is 9.91. The molecule has 1 heterocycles. The minimum atomic E-state index is -0.893. The Balaban J connectivity index is 1.85. The van der Waals surface area contributed by atoms with Gasteiger partial charge in [-0.2, -0.15) is 0 Å². The van der Waals surface area contributed by atoms with Crippen molar-refractivity contribution in [1.29, 1.82) is 0 Å². The minimum absolute atomic E-state index is 0.171. The molecule has 1 aromatic carbocycles. The van der Waals surface area contributed by atoms with Crippen molar-refractivity contribution in [2.45, 2.75) is 38.3 Å². The van der Waals surface area contributed by atoms with E-state index in [9.17, 15) is 14.7 Å². The number of benzene rings is 1. The van der Waals surface area contributed by atoms with Crippen LogP contribution in [0.1, 0.15) is 37.0 Å². The molecule has 0 atom stereocenters. The number of nitrogens with one attached hydrogen (secondary N) is 2. The zero-order chi connectivity index (χ0) is 18.6. The lowest BCUT2D eigenvalue weighted by molar-refractivity contribution is -0.0242. The van der Waals surface area contributed by atoms with E-state index in [0.29, 0.717) is 24.6 Å². The predicted molar refractivity (Wildman–Crippen MR) is 97.9 cm³/mol. The van der Waals surface area contributed by atoms with Gasteiger partial charge in [-0.25, -0.2) is 4.79 Å². The molecule has 3 amide bonds. The van der Waals surface area contributed by atoms with Gasteiger partial charge in [-0.05, 0) is 44.9 Å². The zero-order valence-corrected chi connectivity index (χ0v) is 15.3. The number of carbonyl (C=O) groups is 2. The van der Waals surface area contributed by atoms with E-state index in [1.807, 2.05) is 0 Å². The van der Waals surface area contributed by atoms with Crippen molar-refractivity contribution >= 4 is 29.2 Å². The number of primary amides is 1. The summed E-state index contributed by atoms with van der Waals surface area (Å²) in [5.41, 5.74) is 4.92. The van der Waals surface area contributed by atoms with E-state index in [2.05, 4.69) is 29.4 Å². The summed E-state index contributed by atoms with van der Waals surface area (Å²) >= 11 is 5.95. The van der Waals surface area contributed by atoms with Crippen LogP contribution in [0.15, 0.2) is 18.2 Å². The van der Waals surface area contributed by atoms with Crippen LogP contribution in [-0.4, -0.2) is 53.2 Å². The van der Waals surface area contributed by atoms with Crippen LogP contribution < -0.4 is 16.4 Å². The lowest BCUT2D eigenvalue weighted by Gasteiger charge is -2.40. The summed E-state index contributed by atoms with van der Waals surface area (Å²) in [6.45, 7) is 6.05. The monoisotopic (exact) mass is 368 g/mol. The van der Waals surface area contributed by atoms with Crippen molar-refractivity contribution < 1.29 is 14.7 Å². The second kappa shape index (κ2) is 8.03. The standard InChI is InChI=1S/C17H25ClN4O3/c1-11(2)22-7-5-17(25,6-8-22)10-20-16(24)21-12-3-4-13(15(19)23)14(18)9-12/h3-4,9,11,25H,5-8,10H2,1-2H3,(H2,19,23)(H2,20,21,24). The molecule has 0 spiro atoms. The van der Waals surface area contributed by atoms with Crippen molar-refractivity contribution in [2.24, 2.45) is 5.73 Å². The van der Waals surface area contributed by atoms with Gasteiger partial charge in [-0.15, -0.1) is 0 Å². The maximum Gasteiger partial charge on any atom is 0.319 e. The molecule has 1 aliphatic rings. The van der Waals surface area contributed by atoms with Gasteiger partial charge in [0, 0.05) is 31.4 Å². The van der Waals surface area contributed by atoms with E-state index >= 15 is 0 Å². The molecule has 1 aliphatic heterocycles. The number of hydrogen-bond acceptors (Lipinski definition) is 4. The molecule has 5 N–H and O–H groups in total. The van der Waals surface area contributed by atoms with Crippen molar-refractivity contribution in [3.8, 4) is 0 Å². The topological polar surface area (TPSA) is 108 Å². The highest BCUT2D eigenvalue weighted by Crippen LogP contribution is 2.23. The molecule has 0 aromatic heterocycles. The average Bonchev–Trinajstić information content (AvgIpc) is 2.53. The number of rotatable bonds is 5.